The highest BCUT2D eigenvalue weighted by atomic mass is 19.1. The molecule has 0 aromatic heterocycles. The molecule has 2 atom stereocenters. The molecule has 1 aromatic rings. The predicted molar refractivity (Wildman–Crippen MR) is 74.2 cm³/mol. The molecule has 20 heavy (non-hydrogen) atoms. The molecule has 2 rings (SSSR count). The molecule has 0 radical (unpaired) electrons. The normalized spacial score (nSPS) is 21.3. The molecule has 3 N–H and O–H groups in total. The molecular formula is C15H22F2N2O. The maximum absolute atomic E-state index is 13.1. The summed E-state index contributed by atoms with van der Waals surface area (Å²) in [5.41, 5.74) is 6.51. The van der Waals surface area contributed by atoms with E-state index in [0.717, 1.165) is 38.5 Å². The minimum Gasteiger partial charge on any atom is -0.396 e. The number of benzene rings is 1. The molecule has 0 bridgehead atoms. The van der Waals surface area contributed by atoms with Crippen molar-refractivity contribution in [2.45, 2.75) is 25.3 Å². The standard InChI is InChI=1S/C15H22F2N2O/c16-13-7-12(8-14(17)9-13)15(18)2-5-19-4-1-11(10-19)3-6-20/h7-9,11,15,20H,1-6,10,18H2. The van der Waals surface area contributed by atoms with E-state index in [0.29, 0.717) is 17.9 Å². The molecule has 1 heterocycles. The number of hydrogen-bond donors (Lipinski definition) is 2. The number of rotatable bonds is 6. The van der Waals surface area contributed by atoms with Crippen molar-refractivity contribution in [2.75, 3.05) is 26.2 Å². The zero-order chi connectivity index (χ0) is 14.5. The van der Waals surface area contributed by atoms with Gasteiger partial charge >= 0.3 is 0 Å². The summed E-state index contributed by atoms with van der Waals surface area (Å²) in [7, 11) is 0. The highest BCUT2D eigenvalue weighted by Gasteiger charge is 2.22. The van der Waals surface area contributed by atoms with Crippen LogP contribution in [0.3, 0.4) is 0 Å². The lowest BCUT2D eigenvalue weighted by Gasteiger charge is -2.19. The third-order valence-corrected chi connectivity index (χ3v) is 3.98. The van der Waals surface area contributed by atoms with Crippen LogP contribution in [0.1, 0.15) is 30.9 Å². The van der Waals surface area contributed by atoms with Crippen molar-refractivity contribution >= 4 is 0 Å². The summed E-state index contributed by atoms with van der Waals surface area (Å²) in [5, 5.41) is 8.92. The van der Waals surface area contributed by atoms with Crippen LogP contribution in [0.15, 0.2) is 18.2 Å². The van der Waals surface area contributed by atoms with E-state index in [2.05, 4.69) is 4.90 Å². The fourth-order valence-electron chi connectivity index (χ4n) is 2.81. The van der Waals surface area contributed by atoms with Crippen molar-refractivity contribution in [1.29, 1.82) is 0 Å². The molecule has 1 aliphatic heterocycles. The van der Waals surface area contributed by atoms with Crippen LogP contribution in [0.5, 0.6) is 0 Å². The number of aliphatic hydroxyl groups excluding tert-OH is 1. The van der Waals surface area contributed by atoms with Crippen LogP contribution in [0.25, 0.3) is 0 Å². The number of nitrogens with two attached hydrogens (primary N) is 1. The first kappa shape index (κ1) is 15.4. The second-order valence-corrected chi connectivity index (χ2v) is 5.57. The van der Waals surface area contributed by atoms with E-state index in [4.69, 9.17) is 10.8 Å². The van der Waals surface area contributed by atoms with Crippen molar-refractivity contribution in [3.05, 3.63) is 35.4 Å². The first-order valence-electron chi connectivity index (χ1n) is 7.13. The molecule has 1 aliphatic rings. The second-order valence-electron chi connectivity index (χ2n) is 5.57. The van der Waals surface area contributed by atoms with Gasteiger partial charge in [-0.05, 0) is 56.0 Å². The van der Waals surface area contributed by atoms with E-state index in [1.165, 1.54) is 12.1 Å². The van der Waals surface area contributed by atoms with E-state index in [1.54, 1.807) is 0 Å². The van der Waals surface area contributed by atoms with E-state index < -0.39 is 11.6 Å². The second kappa shape index (κ2) is 7.11. The van der Waals surface area contributed by atoms with Crippen LogP contribution in [-0.4, -0.2) is 36.2 Å². The third kappa shape index (κ3) is 4.23. The molecule has 5 heteroatoms. The number of aliphatic hydroxyl groups is 1. The largest absolute Gasteiger partial charge is 0.396 e. The van der Waals surface area contributed by atoms with Crippen LogP contribution in [-0.2, 0) is 0 Å². The molecule has 0 saturated carbocycles. The lowest BCUT2D eigenvalue weighted by atomic mass is 10.0. The summed E-state index contributed by atoms with van der Waals surface area (Å²) in [4.78, 5) is 2.30. The Balaban J connectivity index is 1.82. The van der Waals surface area contributed by atoms with Crippen molar-refractivity contribution in [2.24, 2.45) is 11.7 Å². The summed E-state index contributed by atoms with van der Waals surface area (Å²) in [6.07, 6.45) is 2.62. The van der Waals surface area contributed by atoms with Gasteiger partial charge in [0.2, 0.25) is 0 Å². The Bertz CT molecular complexity index is 422. The van der Waals surface area contributed by atoms with Gasteiger partial charge in [-0.2, -0.15) is 0 Å². The van der Waals surface area contributed by atoms with Crippen molar-refractivity contribution in [3.8, 4) is 0 Å². The summed E-state index contributed by atoms with van der Waals surface area (Å²) in [6, 6.07) is 3.10. The highest BCUT2D eigenvalue weighted by Crippen LogP contribution is 2.22. The Morgan fingerprint density at radius 2 is 2.00 bits per heavy atom. The molecule has 1 fully saturated rings. The van der Waals surface area contributed by atoms with E-state index in [-0.39, 0.29) is 12.6 Å². The van der Waals surface area contributed by atoms with Gasteiger partial charge in [0.25, 0.3) is 0 Å². The first-order valence-corrected chi connectivity index (χ1v) is 7.13. The predicted octanol–water partition coefficient (Wildman–Crippen LogP) is 2.06. The average Bonchev–Trinajstić information content (AvgIpc) is 2.83. The van der Waals surface area contributed by atoms with Gasteiger partial charge in [0.05, 0.1) is 0 Å². The molecule has 112 valence electrons. The van der Waals surface area contributed by atoms with Gasteiger partial charge in [-0.1, -0.05) is 0 Å². The Hall–Kier alpha value is -1.04. The lowest BCUT2D eigenvalue weighted by molar-refractivity contribution is 0.249. The lowest BCUT2D eigenvalue weighted by Crippen LogP contribution is -2.25. The minimum absolute atomic E-state index is 0.237. The molecule has 0 spiro atoms. The fourth-order valence-corrected chi connectivity index (χ4v) is 2.81. The average molecular weight is 284 g/mol. The Morgan fingerprint density at radius 3 is 2.65 bits per heavy atom. The van der Waals surface area contributed by atoms with Gasteiger partial charge in [0.1, 0.15) is 11.6 Å². The zero-order valence-electron chi connectivity index (χ0n) is 11.6. The molecule has 2 unspecified atom stereocenters. The number of nitrogens with zero attached hydrogens (tertiary/aromatic N) is 1. The van der Waals surface area contributed by atoms with E-state index in [9.17, 15) is 8.78 Å². The zero-order valence-corrected chi connectivity index (χ0v) is 11.6. The third-order valence-electron chi connectivity index (χ3n) is 3.98. The van der Waals surface area contributed by atoms with Crippen LogP contribution < -0.4 is 5.73 Å². The smallest absolute Gasteiger partial charge is 0.126 e. The first-order chi connectivity index (χ1) is 9.58. The molecule has 3 nitrogen and oxygen atoms in total. The van der Waals surface area contributed by atoms with Gasteiger partial charge in [0.15, 0.2) is 0 Å². The number of hydrogen-bond acceptors (Lipinski definition) is 3. The molecule has 1 aromatic carbocycles. The van der Waals surface area contributed by atoms with Crippen LogP contribution in [0, 0.1) is 17.6 Å². The van der Waals surface area contributed by atoms with Crippen LogP contribution in [0.2, 0.25) is 0 Å². The number of halogens is 2. The molecule has 1 saturated heterocycles. The van der Waals surface area contributed by atoms with Crippen molar-refractivity contribution < 1.29 is 13.9 Å². The quantitative estimate of drug-likeness (QED) is 0.840. The number of likely N-dealkylation sites (tertiary alicyclic amines) is 1. The molecular weight excluding hydrogens is 262 g/mol. The monoisotopic (exact) mass is 284 g/mol. The summed E-state index contributed by atoms with van der Waals surface area (Å²) >= 11 is 0. The maximum atomic E-state index is 13.1. The van der Waals surface area contributed by atoms with Gasteiger partial charge < -0.3 is 15.7 Å². The van der Waals surface area contributed by atoms with Gasteiger partial charge in [-0.3, -0.25) is 0 Å². The topological polar surface area (TPSA) is 49.5 Å². The summed E-state index contributed by atoms with van der Waals surface area (Å²) < 4.78 is 26.3. The van der Waals surface area contributed by atoms with Crippen molar-refractivity contribution in [1.82, 2.24) is 4.90 Å². The Kier molecular flexibility index (Phi) is 5.46. The van der Waals surface area contributed by atoms with E-state index in [1.807, 2.05) is 0 Å². The molecule has 0 amide bonds. The maximum Gasteiger partial charge on any atom is 0.126 e. The van der Waals surface area contributed by atoms with Gasteiger partial charge in [-0.15, -0.1) is 0 Å². The minimum atomic E-state index is -0.584. The fraction of sp³-hybridized carbons (Fsp3) is 0.600. The van der Waals surface area contributed by atoms with Crippen LogP contribution in [0.4, 0.5) is 8.78 Å². The highest BCUT2D eigenvalue weighted by molar-refractivity contribution is 5.21. The SMILES string of the molecule is NC(CCN1CCC(CCO)C1)c1cc(F)cc(F)c1. The molecule has 0 aliphatic carbocycles. The van der Waals surface area contributed by atoms with Crippen molar-refractivity contribution in [3.63, 3.8) is 0 Å². The van der Waals surface area contributed by atoms with Gasteiger partial charge in [0, 0.05) is 25.3 Å². The van der Waals surface area contributed by atoms with Gasteiger partial charge in [-0.25, -0.2) is 8.78 Å². The van der Waals surface area contributed by atoms with Crippen LogP contribution >= 0.6 is 0 Å². The Labute approximate surface area is 118 Å². The summed E-state index contributed by atoms with van der Waals surface area (Å²) in [6.45, 7) is 3.04. The Morgan fingerprint density at radius 1 is 1.30 bits per heavy atom. The summed E-state index contributed by atoms with van der Waals surface area (Å²) in [5.74, 6) is -0.609. The van der Waals surface area contributed by atoms with E-state index >= 15 is 0 Å².